The van der Waals surface area contributed by atoms with Crippen LogP contribution in [0.2, 0.25) is 5.02 Å². The Morgan fingerprint density at radius 1 is 0.963 bits per heavy atom. The summed E-state index contributed by atoms with van der Waals surface area (Å²) in [6, 6.07) is 24.1. The molecule has 4 rings (SSSR count). The number of fused-ring (bicyclic) bond motifs is 1. The van der Waals surface area contributed by atoms with Gasteiger partial charge < -0.3 is 10.3 Å². The van der Waals surface area contributed by atoms with Crippen LogP contribution in [0.4, 0.5) is 0 Å². The molecule has 0 fully saturated rings. The Morgan fingerprint density at radius 2 is 1.67 bits per heavy atom. The van der Waals surface area contributed by atoms with Crippen molar-refractivity contribution in [2.75, 3.05) is 0 Å². The van der Waals surface area contributed by atoms with Gasteiger partial charge in [0.25, 0.3) is 5.91 Å². The average molecular weight is 375 g/mol. The highest BCUT2D eigenvalue weighted by molar-refractivity contribution is 6.31. The minimum Gasteiger partial charge on any atom is -0.366 e. The molecule has 0 saturated heterocycles. The Balaban J connectivity index is 1.89. The smallest absolute Gasteiger partial charge is 0.250 e. The molecule has 1 heterocycles. The van der Waals surface area contributed by atoms with E-state index in [4.69, 9.17) is 17.3 Å². The zero-order valence-corrected chi connectivity index (χ0v) is 15.7. The van der Waals surface area contributed by atoms with Gasteiger partial charge >= 0.3 is 0 Å². The van der Waals surface area contributed by atoms with Crippen LogP contribution in [-0.2, 0) is 6.54 Å². The highest BCUT2D eigenvalue weighted by Crippen LogP contribution is 2.30. The summed E-state index contributed by atoms with van der Waals surface area (Å²) in [5, 5.41) is 3.03. The van der Waals surface area contributed by atoms with Crippen molar-refractivity contribution in [2.24, 2.45) is 5.73 Å². The highest BCUT2D eigenvalue weighted by Gasteiger charge is 2.18. The molecule has 0 aliphatic heterocycles. The zero-order chi connectivity index (χ0) is 19.0. The van der Waals surface area contributed by atoms with E-state index in [1.807, 2.05) is 49.4 Å². The second-order valence-corrected chi connectivity index (χ2v) is 7.04. The number of primary amides is 1. The number of benzene rings is 3. The maximum absolute atomic E-state index is 11.9. The van der Waals surface area contributed by atoms with Crippen molar-refractivity contribution in [2.45, 2.75) is 13.5 Å². The van der Waals surface area contributed by atoms with Gasteiger partial charge in [-0.15, -0.1) is 0 Å². The Morgan fingerprint density at radius 3 is 2.41 bits per heavy atom. The molecule has 27 heavy (non-hydrogen) atoms. The Labute approximate surface area is 163 Å². The molecular weight excluding hydrogens is 356 g/mol. The minimum absolute atomic E-state index is 0.424. The van der Waals surface area contributed by atoms with Crippen molar-refractivity contribution in [3.8, 4) is 11.3 Å². The van der Waals surface area contributed by atoms with E-state index in [0.717, 1.165) is 27.9 Å². The SMILES string of the molecule is Cc1c(C(N)=O)cc(-c2ccc3ccccc3c2)n1Cc1ccccc1Cl. The van der Waals surface area contributed by atoms with Gasteiger partial charge in [0, 0.05) is 23.0 Å². The van der Waals surface area contributed by atoms with Crippen LogP contribution in [0.5, 0.6) is 0 Å². The van der Waals surface area contributed by atoms with Crippen molar-refractivity contribution in [3.63, 3.8) is 0 Å². The third-order valence-electron chi connectivity index (χ3n) is 4.96. The summed E-state index contributed by atoms with van der Waals surface area (Å²) in [4.78, 5) is 11.9. The maximum Gasteiger partial charge on any atom is 0.250 e. The molecule has 4 aromatic rings. The van der Waals surface area contributed by atoms with E-state index in [1.165, 1.54) is 5.39 Å². The van der Waals surface area contributed by atoms with Crippen LogP contribution in [0, 0.1) is 6.92 Å². The van der Waals surface area contributed by atoms with E-state index in [0.29, 0.717) is 17.1 Å². The summed E-state index contributed by atoms with van der Waals surface area (Å²) in [6.45, 7) is 2.49. The molecule has 134 valence electrons. The predicted molar refractivity (Wildman–Crippen MR) is 111 cm³/mol. The topological polar surface area (TPSA) is 48.0 Å². The molecule has 3 aromatic carbocycles. The zero-order valence-electron chi connectivity index (χ0n) is 14.9. The number of amides is 1. The highest BCUT2D eigenvalue weighted by atomic mass is 35.5. The largest absolute Gasteiger partial charge is 0.366 e. The molecule has 3 nitrogen and oxygen atoms in total. The molecule has 0 aliphatic rings. The molecule has 1 aromatic heterocycles. The molecule has 0 saturated carbocycles. The van der Waals surface area contributed by atoms with Gasteiger partial charge in [-0.25, -0.2) is 0 Å². The lowest BCUT2D eigenvalue weighted by atomic mass is 10.0. The lowest BCUT2D eigenvalue weighted by Gasteiger charge is -2.14. The first-order valence-electron chi connectivity index (χ1n) is 8.77. The van der Waals surface area contributed by atoms with Crippen LogP contribution in [0.15, 0.2) is 72.8 Å². The Bertz CT molecular complexity index is 1160. The van der Waals surface area contributed by atoms with Crippen LogP contribution >= 0.6 is 11.6 Å². The van der Waals surface area contributed by atoms with E-state index < -0.39 is 5.91 Å². The number of nitrogens with zero attached hydrogens (tertiary/aromatic N) is 1. The predicted octanol–water partition coefficient (Wildman–Crippen LogP) is 5.42. The number of aromatic nitrogens is 1. The number of nitrogens with two attached hydrogens (primary N) is 1. The third-order valence-corrected chi connectivity index (χ3v) is 5.33. The van der Waals surface area contributed by atoms with Crippen molar-refractivity contribution >= 4 is 28.3 Å². The number of rotatable bonds is 4. The first-order chi connectivity index (χ1) is 13.0. The molecule has 0 bridgehead atoms. The second kappa shape index (κ2) is 6.93. The molecule has 0 aliphatic carbocycles. The summed E-state index contributed by atoms with van der Waals surface area (Å²) in [5.41, 5.74) is 9.97. The number of hydrogen-bond donors (Lipinski definition) is 1. The fourth-order valence-electron chi connectivity index (χ4n) is 3.48. The van der Waals surface area contributed by atoms with Gasteiger partial charge in [-0.05, 0) is 47.0 Å². The Kier molecular flexibility index (Phi) is 4.46. The van der Waals surface area contributed by atoms with E-state index in [-0.39, 0.29) is 0 Å². The van der Waals surface area contributed by atoms with Gasteiger partial charge in [0.15, 0.2) is 0 Å². The maximum atomic E-state index is 11.9. The van der Waals surface area contributed by atoms with Crippen molar-refractivity contribution in [1.29, 1.82) is 0 Å². The van der Waals surface area contributed by atoms with E-state index in [2.05, 4.69) is 34.9 Å². The summed E-state index contributed by atoms with van der Waals surface area (Å²) >= 11 is 6.37. The van der Waals surface area contributed by atoms with Crippen LogP contribution < -0.4 is 5.73 Å². The summed E-state index contributed by atoms with van der Waals surface area (Å²) in [6.07, 6.45) is 0. The summed E-state index contributed by atoms with van der Waals surface area (Å²) in [5.74, 6) is -0.424. The quantitative estimate of drug-likeness (QED) is 0.509. The molecular formula is C23H19ClN2O. The number of halogens is 1. The lowest BCUT2D eigenvalue weighted by molar-refractivity contribution is 0.0999. The molecule has 0 atom stereocenters. The van der Waals surface area contributed by atoms with Crippen molar-refractivity contribution in [3.05, 3.63) is 94.6 Å². The molecule has 0 spiro atoms. The molecule has 0 unspecified atom stereocenters. The normalized spacial score (nSPS) is 11.0. The molecule has 2 N–H and O–H groups in total. The van der Waals surface area contributed by atoms with Gasteiger partial charge in [-0.3, -0.25) is 4.79 Å². The first-order valence-corrected chi connectivity index (χ1v) is 9.15. The van der Waals surface area contributed by atoms with Gasteiger partial charge in [0.05, 0.1) is 5.56 Å². The van der Waals surface area contributed by atoms with Crippen LogP contribution in [0.1, 0.15) is 21.6 Å². The number of hydrogen-bond acceptors (Lipinski definition) is 1. The molecule has 1 amide bonds. The van der Waals surface area contributed by atoms with Gasteiger partial charge in [-0.2, -0.15) is 0 Å². The fourth-order valence-corrected chi connectivity index (χ4v) is 3.68. The first kappa shape index (κ1) is 17.4. The van der Waals surface area contributed by atoms with Crippen LogP contribution in [0.25, 0.3) is 22.0 Å². The average Bonchev–Trinajstić information content (AvgIpc) is 3.00. The Hall–Kier alpha value is -3.04. The van der Waals surface area contributed by atoms with Gasteiger partial charge in [-0.1, -0.05) is 66.2 Å². The number of carbonyl (C=O) groups is 1. The molecule has 0 radical (unpaired) electrons. The van der Waals surface area contributed by atoms with Crippen molar-refractivity contribution < 1.29 is 4.79 Å². The standard InChI is InChI=1S/C23H19ClN2O/c1-15-20(23(25)27)13-22(26(15)14-19-8-4-5-9-21(19)24)18-11-10-16-6-2-3-7-17(16)12-18/h2-13H,14H2,1H3,(H2,25,27). The van der Waals surface area contributed by atoms with E-state index in [1.54, 1.807) is 0 Å². The number of carbonyl (C=O) groups excluding carboxylic acids is 1. The second-order valence-electron chi connectivity index (χ2n) is 6.63. The third kappa shape index (κ3) is 3.22. The minimum atomic E-state index is -0.424. The van der Waals surface area contributed by atoms with Gasteiger partial charge in [0.2, 0.25) is 0 Å². The van der Waals surface area contributed by atoms with Gasteiger partial charge in [0.1, 0.15) is 0 Å². The molecule has 4 heteroatoms. The summed E-state index contributed by atoms with van der Waals surface area (Å²) in [7, 11) is 0. The lowest BCUT2D eigenvalue weighted by Crippen LogP contribution is -2.12. The van der Waals surface area contributed by atoms with E-state index in [9.17, 15) is 4.79 Å². The monoisotopic (exact) mass is 374 g/mol. The van der Waals surface area contributed by atoms with Crippen molar-refractivity contribution in [1.82, 2.24) is 4.57 Å². The van der Waals surface area contributed by atoms with E-state index >= 15 is 0 Å². The summed E-state index contributed by atoms with van der Waals surface area (Å²) < 4.78 is 2.10. The fraction of sp³-hybridized carbons (Fsp3) is 0.0870. The van der Waals surface area contributed by atoms with Crippen LogP contribution in [-0.4, -0.2) is 10.5 Å². The van der Waals surface area contributed by atoms with Crippen LogP contribution in [0.3, 0.4) is 0 Å².